The number of fused-ring (bicyclic) bond motifs is 1. The van der Waals surface area contributed by atoms with Gasteiger partial charge in [-0.2, -0.15) is 8.75 Å². The molecule has 1 amide bonds. The number of aryl methyl sites for hydroxylation is 1. The number of anilines is 1. The average Bonchev–Trinajstić information content (AvgIpc) is 3.36. The topological polar surface area (TPSA) is 80.0 Å². The minimum Gasteiger partial charge on any atom is -0.451 e. The first kappa shape index (κ1) is 19.8. The number of nitrogens with zero attached hydrogens (tertiary/aromatic N) is 2. The lowest BCUT2D eigenvalue weighted by Crippen LogP contribution is -2.34. The Kier molecular flexibility index (Phi) is 5.51. The van der Waals surface area contributed by atoms with Crippen LogP contribution in [-0.4, -0.2) is 19.8 Å². The van der Waals surface area contributed by atoms with E-state index in [1.165, 1.54) is 0 Å². The maximum Gasteiger partial charge on any atom is 0.293 e. The van der Waals surface area contributed by atoms with E-state index in [1.807, 2.05) is 19.1 Å². The first-order valence-electron chi connectivity index (χ1n) is 8.32. The van der Waals surface area contributed by atoms with Gasteiger partial charge in [-0.1, -0.05) is 29.3 Å². The molecule has 10 heteroatoms. The highest BCUT2D eigenvalue weighted by Crippen LogP contribution is 2.30. The number of carbonyl (C=O) groups is 1. The number of aromatic nitrogens is 2. The highest BCUT2D eigenvalue weighted by Gasteiger charge is 2.16. The molecule has 0 aliphatic rings. The van der Waals surface area contributed by atoms with Crippen LogP contribution in [0.2, 0.25) is 10.0 Å². The van der Waals surface area contributed by atoms with Gasteiger partial charge in [0.05, 0.1) is 27.5 Å². The zero-order valence-corrected chi connectivity index (χ0v) is 18.0. The smallest absolute Gasteiger partial charge is 0.293 e. The highest BCUT2D eigenvalue weighted by atomic mass is 35.5. The molecule has 4 rings (SSSR count). The fourth-order valence-electron chi connectivity index (χ4n) is 2.68. The van der Waals surface area contributed by atoms with Crippen LogP contribution in [0.25, 0.3) is 22.4 Å². The number of thiocarbonyl (C=S) groups is 1. The largest absolute Gasteiger partial charge is 0.451 e. The first-order chi connectivity index (χ1) is 13.9. The van der Waals surface area contributed by atoms with E-state index in [1.54, 1.807) is 30.3 Å². The van der Waals surface area contributed by atoms with Crippen molar-refractivity contribution in [3.63, 3.8) is 0 Å². The van der Waals surface area contributed by atoms with Crippen molar-refractivity contribution >= 4 is 74.9 Å². The molecule has 0 saturated carbocycles. The number of hydrogen-bond donors (Lipinski definition) is 2. The van der Waals surface area contributed by atoms with Crippen LogP contribution in [0.3, 0.4) is 0 Å². The van der Waals surface area contributed by atoms with E-state index in [0.717, 1.165) is 22.8 Å². The minimum absolute atomic E-state index is 0.112. The summed E-state index contributed by atoms with van der Waals surface area (Å²) in [4.78, 5) is 12.5. The van der Waals surface area contributed by atoms with Gasteiger partial charge in [0, 0.05) is 5.56 Å². The lowest BCUT2D eigenvalue weighted by molar-refractivity contribution is 0.0951. The van der Waals surface area contributed by atoms with Crippen molar-refractivity contribution in [3.8, 4) is 11.3 Å². The number of halogens is 2. The summed E-state index contributed by atoms with van der Waals surface area (Å²) < 4.78 is 14.1. The zero-order valence-electron chi connectivity index (χ0n) is 14.8. The number of amides is 1. The number of benzene rings is 2. The number of carbonyl (C=O) groups excluding carboxylic acids is 1. The molecular formula is C19H12Cl2N4O2S2. The van der Waals surface area contributed by atoms with Crippen LogP contribution in [0.5, 0.6) is 0 Å². The molecule has 0 aliphatic heterocycles. The van der Waals surface area contributed by atoms with Crippen LogP contribution in [-0.2, 0) is 0 Å². The van der Waals surface area contributed by atoms with E-state index < -0.39 is 5.91 Å². The molecular weight excluding hydrogens is 451 g/mol. The van der Waals surface area contributed by atoms with Crippen molar-refractivity contribution in [2.75, 3.05) is 5.32 Å². The summed E-state index contributed by atoms with van der Waals surface area (Å²) in [5, 5.41) is 6.61. The molecule has 0 aliphatic carbocycles. The highest BCUT2D eigenvalue weighted by molar-refractivity contribution is 7.80. The summed E-state index contributed by atoms with van der Waals surface area (Å²) in [5.74, 6) is 0.122. The molecule has 0 atom stereocenters. The van der Waals surface area contributed by atoms with Crippen molar-refractivity contribution < 1.29 is 9.21 Å². The standard InChI is InChI=1S/C19H12Cl2N4O2S2/c1-9-2-5-13-17(25-29-24-13)16(9)22-19(28)23-18(26)15-7-6-14(27-15)10-3-4-11(20)12(21)8-10/h2-8H,1H3,(H2,22,23,26,28). The SMILES string of the molecule is Cc1ccc2nsnc2c1NC(=S)NC(=O)c1ccc(-c2ccc(Cl)c(Cl)c2)o1. The van der Waals surface area contributed by atoms with E-state index in [4.69, 9.17) is 39.8 Å². The average molecular weight is 463 g/mol. The number of nitrogens with one attached hydrogen (secondary N) is 2. The van der Waals surface area contributed by atoms with Gasteiger partial charge in [0.1, 0.15) is 16.8 Å². The van der Waals surface area contributed by atoms with Gasteiger partial charge in [0.2, 0.25) is 0 Å². The third-order valence-electron chi connectivity index (χ3n) is 4.14. The maximum absolute atomic E-state index is 12.5. The van der Waals surface area contributed by atoms with Crippen LogP contribution in [0, 0.1) is 6.92 Å². The Morgan fingerprint density at radius 3 is 2.72 bits per heavy atom. The van der Waals surface area contributed by atoms with Gasteiger partial charge in [0.15, 0.2) is 10.9 Å². The Labute approximate surface area is 185 Å². The summed E-state index contributed by atoms with van der Waals surface area (Å²) in [6, 6.07) is 12.1. The summed E-state index contributed by atoms with van der Waals surface area (Å²) in [6.07, 6.45) is 0. The molecule has 2 heterocycles. The quantitative estimate of drug-likeness (QED) is 0.380. The van der Waals surface area contributed by atoms with Crippen molar-refractivity contribution in [3.05, 3.63) is 63.8 Å². The summed E-state index contributed by atoms with van der Waals surface area (Å²) >= 11 is 18.4. The van der Waals surface area contributed by atoms with Crippen molar-refractivity contribution in [2.24, 2.45) is 0 Å². The molecule has 146 valence electrons. The molecule has 0 spiro atoms. The molecule has 0 bridgehead atoms. The second-order valence-electron chi connectivity index (χ2n) is 6.09. The van der Waals surface area contributed by atoms with E-state index >= 15 is 0 Å². The van der Waals surface area contributed by atoms with Gasteiger partial charge in [-0.05, 0) is 61.1 Å². The van der Waals surface area contributed by atoms with Gasteiger partial charge >= 0.3 is 0 Å². The minimum atomic E-state index is -0.477. The normalized spacial score (nSPS) is 10.9. The Balaban J connectivity index is 1.49. The number of rotatable bonds is 3. The second kappa shape index (κ2) is 8.08. The summed E-state index contributed by atoms with van der Waals surface area (Å²) in [6.45, 7) is 1.92. The van der Waals surface area contributed by atoms with Crippen LogP contribution >= 0.6 is 47.1 Å². The van der Waals surface area contributed by atoms with Gasteiger partial charge in [0.25, 0.3) is 5.91 Å². The molecule has 0 fully saturated rings. The second-order valence-corrected chi connectivity index (χ2v) is 7.84. The predicted octanol–water partition coefficient (Wildman–Crippen LogP) is 5.69. The van der Waals surface area contributed by atoms with Crippen molar-refractivity contribution in [1.82, 2.24) is 14.1 Å². The fourth-order valence-corrected chi connectivity index (χ4v) is 3.72. The van der Waals surface area contributed by atoms with Gasteiger partial charge < -0.3 is 9.73 Å². The predicted molar refractivity (Wildman–Crippen MR) is 120 cm³/mol. The Hall–Kier alpha value is -2.52. The number of hydrogen-bond acceptors (Lipinski definition) is 6. The lowest BCUT2D eigenvalue weighted by atomic mass is 10.1. The summed E-state index contributed by atoms with van der Waals surface area (Å²) in [5.41, 5.74) is 3.80. The molecule has 4 aromatic rings. The Morgan fingerprint density at radius 1 is 1.10 bits per heavy atom. The lowest BCUT2D eigenvalue weighted by Gasteiger charge is -2.11. The molecule has 0 unspecified atom stereocenters. The molecule has 2 aromatic heterocycles. The zero-order chi connectivity index (χ0) is 20.5. The van der Waals surface area contributed by atoms with Crippen LogP contribution in [0.1, 0.15) is 16.1 Å². The fraction of sp³-hybridized carbons (Fsp3) is 0.0526. The van der Waals surface area contributed by atoms with Crippen molar-refractivity contribution in [2.45, 2.75) is 6.92 Å². The van der Waals surface area contributed by atoms with Crippen LogP contribution in [0.15, 0.2) is 46.9 Å². The van der Waals surface area contributed by atoms with Gasteiger partial charge in [-0.3, -0.25) is 10.1 Å². The van der Waals surface area contributed by atoms with E-state index in [-0.39, 0.29) is 10.9 Å². The molecule has 0 saturated heterocycles. The summed E-state index contributed by atoms with van der Waals surface area (Å²) in [7, 11) is 0. The van der Waals surface area contributed by atoms with E-state index in [9.17, 15) is 4.79 Å². The van der Waals surface area contributed by atoms with Gasteiger partial charge in [-0.15, -0.1) is 0 Å². The Morgan fingerprint density at radius 2 is 1.93 bits per heavy atom. The van der Waals surface area contributed by atoms with Crippen LogP contribution in [0.4, 0.5) is 5.69 Å². The third kappa shape index (κ3) is 4.11. The van der Waals surface area contributed by atoms with Crippen LogP contribution < -0.4 is 10.6 Å². The molecule has 2 aromatic carbocycles. The first-order valence-corrected chi connectivity index (χ1v) is 10.2. The molecule has 29 heavy (non-hydrogen) atoms. The van der Waals surface area contributed by atoms with E-state index in [0.29, 0.717) is 32.6 Å². The van der Waals surface area contributed by atoms with Crippen molar-refractivity contribution in [1.29, 1.82) is 0 Å². The van der Waals surface area contributed by atoms with Gasteiger partial charge in [-0.25, -0.2) is 0 Å². The van der Waals surface area contributed by atoms with E-state index in [2.05, 4.69) is 19.4 Å². The molecule has 0 radical (unpaired) electrons. The monoisotopic (exact) mass is 462 g/mol. The maximum atomic E-state index is 12.5. The molecule has 6 nitrogen and oxygen atoms in total. The third-order valence-corrected chi connectivity index (χ3v) is 5.62. The molecule has 2 N–H and O–H groups in total. The number of furan rings is 1. The Bertz CT molecular complexity index is 1250.